The normalized spacial score (nSPS) is 21.1. The first-order chi connectivity index (χ1) is 22.6. The molecule has 47 heavy (non-hydrogen) atoms. The molecular formula is C34H46N4O8S. The van der Waals surface area contributed by atoms with Crippen LogP contribution >= 0.6 is 0 Å². The fourth-order valence-corrected chi connectivity index (χ4v) is 7.71. The fourth-order valence-electron chi connectivity index (χ4n) is 6.06. The number of aromatic nitrogens is 1. The third-order valence-electron chi connectivity index (χ3n) is 8.56. The molecular weight excluding hydrogens is 624 g/mol. The van der Waals surface area contributed by atoms with E-state index < -0.39 is 34.4 Å². The number of benzene rings is 2. The number of aliphatic imine (C=N–C) groups is 1. The minimum absolute atomic E-state index is 0.0154. The van der Waals surface area contributed by atoms with Gasteiger partial charge < -0.3 is 34.7 Å². The van der Waals surface area contributed by atoms with E-state index in [0.717, 1.165) is 24.8 Å². The summed E-state index contributed by atoms with van der Waals surface area (Å²) in [6.45, 7) is 7.07. The van der Waals surface area contributed by atoms with Crippen LogP contribution in [0.2, 0.25) is 0 Å². The number of aliphatic hydroxyl groups is 1. The number of fused-ring (bicyclic) bond motifs is 2. The van der Waals surface area contributed by atoms with Crippen LogP contribution in [0.25, 0.3) is 10.9 Å². The van der Waals surface area contributed by atoms with E-state index in [9.17, 15) is 23.4 Å². The second-order valence-corrected chi connectivity index (χ2v) is 14.6. The second-order valence-electron chi connectivity index (χ2n) is 12.7. The summed E-state index contributed by atoms with van der Waals surface area (Å²) in [6.07, 6.45) is 1.56. The zero-order valence-corrected chi connectivity index (χ0v) is 28.0. The number of carbonyl (C=O) groups excluding carboxylic acids is 1. The summed E-state index contributed by atoms with van der Waals surface area (Å²) < 4.78 is 46.4. The lowest BCUT2D eigenvalue weighted by molar-refractivity contribution is -0.0907. The highest BCUT2D eigenvalue weighted by Crippen LogP contribution is 2.33. The Balaban J connectivity index is 1.37. The molecule has 1 aromatic heterocycles. The number of nitrogens with zero attached hydrogens (tertiary/aromatic N) is 2. The van der Waals surface area contributed by atoms with Crippen LogP contribution < -0.4 is 5.32 Å². The molecule has 3 heterocycles. The molecule has 2 aromatic carbocycles. The Morgan fingerprint density at radius 1 is 1.19 bits per heavy atom. The predicted molar refractivity (Wildman–Crippen MR) is 178 cm³/mol. The lowest BCUT2D eigenvalue weighted by Crippen LogP contribution is -2.51. The maximum Gasteiger partial charge on any atom is 0.407 e. The molecule has 256 valence electrons. The van der Waals surface area contributed by atoms with Gasteiger partial charge in [-0.3, -0.25) is 4.99 Å². The van der Waals surface area contributed by atoms with Crippen molar-refractivity contribution in [2.45, 2.75) is 75.9 Å². The number of hydrogen-bond donors (Lipinski definition) is 4. The highest BCUT2D eigenvalue weighted by molar-refractivity contribution is 7.89. The summed E-state index contributed by atoms with van der Waals surface area (Å²) in [4.78, 5) is 20.4. The smallest absolute Gasteiger partial charge is 0.407 e. The van der Waals surface area contributed by atoms with Crippen LogP contribution in [-0.2, 0) is 30.7 Å². The van der Waals surface area contributed by atoms with Crippen molar-refractivity contribution >= 4 is 33.2 Å². The van der Waals surface area contributed by atoms with Crippen molar-refractivity contribution in [2.24, 2.45) is 16.8 Å². The molecule has 2 saturated heterocycles. The standard InChI is InChI=1S/C34H46N4O8S/c1-4-5-14-35-18-27-26-17-24(11-12-28(26)36-32(27)40)47(42,43)38(19-22(2)3)20-30(39)29(16-23-9-7-6-8-10-23)37-34(41)46-31-21-45-33-25(31)13-15-44-33/h6-12,17-18,22,25,29-31,33,36,39-40H,4-5,13-16,19-21H2,1-3H3,(H,37,41). The highest BCUT2D eigenvalue weighted by Gasteiger charge is 2.44. The van der Waals surface area contributed by atoms with E-state index in [-0.39, 0.29) is 55.0 Å². The first-order valence-corrected chi connectivity index (χ1v) is 17.8. The molecule has 0 bridgehead atoms. The minimum Gasteiger partial charge on any atom is -0.494 e. The number of aromatic hydroxyl groups is 1. The number of sulfonamides is 1. The SMILES string of the molecule is CCCCN=Cc1c(O)[nH]c2ccc(S(=O)(=O)N(CC(C)C)CC(O)C(Cc3ccccc3)NC(=O)OC3COC4OCCC34)cc12. The zero-order valence-electron chi connectivity index (χ0n) is 27.2. The van der Waals surface area contributed by atoms with Gasteiger partial charge in [0.2, 0.25) is 10.0 Å². The molecule has 2 aliphatic rings. The number of unbranched alkanes of at least 4 members (excludes halogenated alkanes) is 1. The van der Waals surface area contributed by atoms with Gasteiger partial charge in [0.1, 0.15) is 6.10 Å². The van der Waals surface area contributed by atoms with Gasteiger partial charge >= 0.3 is 6.09 Å². The number of aromatic amines is 1. The molecule has 3 aromatic rings. The van der Waals surface area contributed by atoms with Crippen molar-refractivity contribution in [1.29, 1.82) is 0 Å². The number of H-pyrrole nitrogens is 1. The van der Waals surface area contributed by atoms with Crippen LogP contribution in [0.4, 0.5) is 4.79 Å². The molecule has 4 N–H and O–H groups in total. The van der Waals surface area contributed by atoms with Crippen molar-refractivity contribution in [3.63, 3.8) is 0 Å². The first-order valence-electron chi connectivity index (χ1n) is 16.3. The van der Waals surface area contributed by atoms with Gasteiger partial charge in [0, 0.05) is 36.8 Å². The van der Waals surface area contributed by atoms with E-state index in [1.807, 2.05) is 44.2 Å². The second kappa shape index (κ2) is 15.6. The molecule has 5 atom stereocenters. The van der Waals surface area contributed by atoms with E-state index in [2.05, 4.69) is 22.2 Å². The van der Waals surface area contributed by atoms with Gasteiger partial charge in [-0.25, -0.2) is 13.2 Å². The minimum atomic E-state index is -4.12. The average molecular weight is 671 g/mol. The van der Waals surface area contributed by atoms with E-state index >= 15 is 0 Å². The Bertz CT molecular complexity index is 1630. The Morgan fingerprint density at radius 2 is 1.98 bits per heavy atom. The average Bonchev–Trinajstić information content (AvgIpc) is 3.74. The maximum absolute atomic E-state index is 14.2. The van der Waals surface area contributed by atoms with Crippen molar-refractivity contribution in [1.82, 2.24) is 14.6 Å². The molecule has 0 aliphatic carbocycles. The summed E-state index contributed by atoms with van der Waals surface area (Å²) in [5.41, 5.74) is 1.84. The predicted octanol–water partition coefficient (Wildman–Crippen LogP) is 4.20. The number of amides is 1. The molecule has 5 unspecified atom stereocenters. The molecule has 13 heteroatoms. The third kappa shape index (κ3) is 8.52. The van der Waals surface area contributed by atoms with Crippen molar-refractivity contribution in [3.05, 3.63) is 59.7 Å². The maximum atomic E-state index is 14.2. The lowest BCUT2D eigenvalue weighted by atomic mass is 10.0. The van der Waals surface area contributed by atoms with Crippen molar-refractivity contribution in [2.75, 3.05) is 32.8 Å². The summed E-state index contributed by atoms with van der Waals surface area (Å²) in [6, 6.07) is 13.1. The van der Waals surface area contributed by atoms with Gasteiger partial charge in [0.15, 0.2) is 12.2 Å². The summed E-state index contributed by atoms with van der Waals surface area (Å²) >= 11 is 0. The number of nitrogens with one attached hydrogen (secondary N) is 2. The van der Waals surface area contributed by atoms with Gasteiger partial charge in [0.05, 0.1) is 41.7 Å². The van der Waals surface area contributed by atoms with Crippen LogP contribution in [0.3, 0.4) is 0 Å². The van der Waals surface area contributed by atoms with Gasteiger partial charge in [-0.1, -0.05) is 57.5 Å². The summed E-state index contributed by atoms with van der Waals surface area (Å²) in [5, 5.41) is 25.5. The Hall–Kier alpha value is -3.49. The van der Waals surface area contributed by atoms with Gasteiger partial charge in [-0.2, -0.15) is 4.31 Å². The molecule has 2 fully saturated rings. The van der Waals surface area contributed by atoms with E-state index in [4.69, 9.17) is 14.2 Å². The number of alkyl carbamates (subject to hydrolysis) is 1. The number of ether oxygens (including phenoxy) is 3. The highest BCUT2D eigenvalue weighted by atomic mass is 32.2. The van der Waals surface area contributed by atoms with Crippen LogP contribution in [-0.4, -0.2) is 97.6 Å². The summed E-state index contributed by atoms with van der Waals surface area (Å²) in [5.74, 6) is -0.203. The van der Waals surface area contributed by atoms with Gasteiger partial charge in [0.25, 0.3) is 0 Å². The number of aliphatic hydroxyl groups excluding tert-OH is 1. The van der Waals surface area contributed by atoms with Crippen LogP contribution in [0.1, 0.15) is 51.2 Å². The first kappa shape index (κ1) is 34.8. The third-order valence-corrected chi connectivity index (χ3v) is 10.4. The van der Waals surface area contributed by atoms with Gasteiger partial charge in [-0.15, -0.1) is 0 Å². The van der Waals surface area contributed by atoms with Crippen molar-refractivity contribution < 1.29 is 37.6 Å². The number of carbonyl (C=O) groups is 1. The zero-order chi connectivity index (χ0) is 33.6. The quantitative estimate of drug-likeness (QED) is 0.138. The summed E-state index contributed by atoms with van der Waals surface area (Å²) in [7, 11) is -4.12. The van der Waals surface area contributed by atoms with E-state index in [1.54, 1.807) is 12.3 Å². The van der Waals surface area contributed by atoms with Crippen LogP contribution in [0.15, 0.2) is 58.4 Å². The van der Waals surface area contributed by atoms with Crippen LogP contribution in [0.5, 0.6) is 5.88 Å². The van der Waals surface area contributed by atoms with Gasteiger partial charge in [-0.05, 0) is 48.9 Å². The molecule has 12 nitrogen and oxygen atoms in total. The largest absolute Gasteiger partial charge is 0.494 e. The Kier molecular flexibility index (Phi) is 11.6. The molecule has 2 aliphatic heterocycles. The fraction of sp³-hybridized carbons (Fsp3) is 0.529. The van der Waals surface area contributed by atoms with E-state index in [0.29, 0.717) is 29.6 Å². The molecule has 1 amide bonds. The Labute approximate surface area is 276 Å². The van der Waals surface area contributed by atoms with E-state index in [1.165, 1.54) is 16.4 Å². The molecule has 5 rings (SSSR count). The van der Waals surface area contributed by atoms with Crippen LogP contribution in [0, 0.1) is 11.8 Å². The molecule has 0 spiro atoms. The molecule has 0 saturated carbocycles. The Morgan fingerprint density at radius 3 is 2.72 bits per heavy atom. The number of hydrogen-bond acceptors (Lipinski definition) is 9. The van der Waals surface area contributed by atoms with Crippen molar-refractivity contribution in [3.8, 4) is 5.88 Å². The number of rotatable bonds is 15. The topological polar surface area (TPSA) is 163 Å². The monoisotopic (exact) mass is 670 g/mol. The lowest BCUT2D eigenvalue weighted by Gasteiger charge is -2.31. The molecule has 0 radical (unpaired) electrons.